The van der Waals surface area contributed by atoms with Gasteiger partial charge in [-0.05, 0) is 35.9 Å². The predicted octanol–water partition coefficient (Wildman–Crippen LogP) is 5.26. The Morgan fingerprint density at radius 3 is 2.56 bits per heavy atom. The van der Waals surface area contributed by atoms with Gasteiger partial charge in [-0.25, -0.2) is 0 Å². The van der Waals surface area contributed by atoms with Crippen LogP contribution in [0.2, 0.25) is 5.02 Å². The molecule has 3 N–H and O–H groups in total. The first-order chi connectivity index (χ1) is 16.1. The number of rotatable bonds is 6. The van der Waals surface area contributed by atoms with Crippen molar-refractivity contribution in [3.05, 3.63) is 82.6 Å². The summed E-state index contributed by atoms with van der Waals surface area (Å²) in [5.41, 5.74) is -0.906. The van der Waals surface area contributed by atoms with E-state index in [1.165, 1.54) is 25.4 Å². The molecule has 176 valence electrons. The van der Waals surface area contributed by atoms with E-state index in [4.69, 9.17) is 16.3 Å². The van der Waals surface area contributed by atoms with Crippen molar-refractivity contribution in [1.29, 1.82) is 0 Å². The smallest absolute Gasteiger partial charge is 0.417 e. The summed E-state index contributed by atoms with van der Waals surface area (Å²) in [5, 5.41) is 13.8. The van der Waals surface area contributed by atoms with Crippen LogP contribution in [0.4, 0.5) is 18.9 Å². The summed E-state index contributed by atoms with van der Waals surface area (Å²) in [6.07, 6.45) is -0.847. The van der Waals surface area contributed by atoms with Gasteiger partial charge in [0.1, 0.15) is 22.9 Å². The first-order valence-corrected chi connectivity index (χ1v) is 9.99. The molecule has 0 spiro atoms. The molecule has 11 heteroatoms. The van der Waals surface area contributed by atoms with E-state index in [0.29, 0.717) is 29.2 Å². The number of nitrogens with one attached hydrogen (secondary N) is 2. The maximum atomic E-state index is 13.0. The predicted molar refractivity (Wildman–Crippen MR) is 120 cm³/mol. The highest BCUT2D eigenvalue weighted by atomic mass is 35.5. The van der Waals surface area contributed by atoms with Gasteiger partial charge in [-0.1, -0.05) is 23.7 Å². The number of benzene rings is 2. The molecule has 0 aliphatic carbocycles. The van der Waals surface area contributed by atoms with Crippen molar-refractivity contribution >= 4 is 35.2 Å². The van der Waals surface area contributed by atoms with Gasteiger partial charge in [0.2, 0.25) is 5.91 Å². The van der Waals surface area contributed by atoms with Crippen molar-refractivity contribution in [2.45, 2.75) is 6.18 Å². The zero-order valence-electron chi connectivity index (χ0n) is 17.5. The van der Waals surface area contributed by atoms with Crippen LogP contribution in [0, 0.1) is 0 Å². The molecule has 0 saturated carbocycles. The van der Waals surface area contributed by atoms with Gasteiger partial charge in [0, 0.05) is 31.5 Å². The quantitative estimate of drug-likeness (QED) is 0.322. The number of carbonyl (C=O) groups is 2. The molecule has 3 aromatic rings. The number of phenolic OH excluding ortho intramolecular Hbond substituents is 1. The summed E-state index contributed by atoms with van der Waals surface area (Å²) < 4.78 is 44.8. The largest absolute Gasteiger partial charge is 0.506 e. The SMILES string of the molecule is CNC(=O)c1cc(Oc2cccc(C=CC(=O)Nc3cc(C(F)(F)F)c(Cl)cc3O)c2)ccn1. The second-order valence-corrected chi connectivity index (χ2v) is 7.21. The van der Waals surface area contributed by atoms with E-state index < -0.39 is 34.1 Å². The van der Waals surface area contributed by atoms with Gasteiger partial charge in [0.05, 0.1) is 16.3 Å². The highest BCUT2D eigenvalue weighted by Gasteiger charge is 2.34. The van der Waals surface area contributed by atoms with E-state index in [0.717, 1.165) is 6.08 Å². The fourth-order valence-electron chi connectivity index (χ4n) is 2.77. The van der Waals surface area contributed by atoms with Crippen LogP contribution in [0.15, 0.2) is 60.8 Å². The van der Waals surface area contributed by atoms with Crippen LogP contribution in [-0.2, 0) is 11.0 Å². The number of alkyl halides is 3. The average Bonchev–Trinajstić information content (AvgIpc) is 2.78. The minimum atomic E-state index is -4.75. The second kappa shape index (κ2) is 10.3. The molecule has 1 aromatic heterocycles. The Hall–Kier alpha value is -4.05. The first-order valence-electron chi connectivity index (χ1n) is 9.61. The minimum Gasteiger partial charge on any atom is -0.506 e. The number of hydrogen-bond donors (Lipinski definition) is 3. The third-order valence-electron chi connectivity index (χ3n) is 4.36. The molecule has 2 aromatic carbocycles. The maximum Gasteiger partial charge on any atom is 0.417 e. The van der Waals surface area contributed by atoms with E-state index >= 15 is 0 Å². The number of halogens is 4. The Bertz CT molecular complexity index is 1260. The molecule has 0 radical (unpaired) electrons. The number of aromatic nitrogens is 1. The molecule has 0 fully saturated rings. The van der Waals surface area contributed by atoms with Crippen LogP contribution < -0.4 is 15.4 Å². The van der Waals surface area contributed by atoms with Crippen LogP contribution in [0.5, 0.6) is 17.2 Å². The third-order valence-corrected chi connectivity index (χ3v) is 4.67. The van der Waals surface area contributed by atoms with Crippen molar-refractivity contribution < 1.29 is 32.6 Å². The van der Waals surface area contributed by atoms with Crippen LogP contribution in [-0.4, -0.2) is 29.0 Å². The number of anilines is 1. The van der Waals surface area contributed by atoms with Gasteiger partial charge in [0.15, 0.2) is 0 Å². The van der Waals surface area contributed by atoms with E-state index in [2.05, 4.69) is 15.6 Å². The number of ether oxygens (including phenoxy) is 1. The van der Waals surface area contributed by atoms with Crippen LogP contribution in [0.1, 0.15) is 21.6 Å². The van der Waals surface area contributed by atoms with Crippen LogP contribution >= 0.6 is 11.6 Å². The van der Waals surface area contributed by atoms with E-state index in [-0.39, 0.29) is 11.6 Å². The van der Waals surface area contributed by atoms with Crippen LogP contribution in [0.25, 0.3) is 6.08 Å². The van der Waals surface area contributed by atoms with Crippen molar-refractivity contribution in [2.24, 2.45) is 0 Å². The second-order valence-electron chi connectivity index (χ2n) is 6.80. The van der Waals surface area contributed by atoms with Gasteiger partial charge in [-0.2, -0.15) is 13.2 Å². The van der Waals surface area contributed by atoms with Crippen molar-refractivity contribution in [3.63, 3.8) is 0 Å². The van der Waals surface area contributed by atoms with Crippen molar-refractivity contribution in [1.82, 2.24) is 10.3 Å². The van der Waals surface area contributed by atoms with Gasteiger partial charge in [-0.3, -0.25) is 14.6 Å². The van der Waals surface area contributed by atoms with Gasteiger partial charge >= 0.3 is 6.18 Å². The van der Waals surface area contributed by atoms with Crippen molar-refractivity contribution in [3.8, 4) is 17.2 Å². The zero-order chi connectivity index (χ0) is 24.9. The lowest BCUT2D eigenvalue weighted by Gasteiger charge is -2.12. The van der Waals surface area contributed by atoms with E-state index in [9.17, 15) is 27.9 Å². The number of amides is 2. The molecular weight excluding hydrogens is 475 g/mol. The highest BCUT2D eigenvalue weighted by molar-refractivity contribution is 6.31. The summed E-state index contributed by atoms with van der Waals surface area (Å²) in [6.45, 7) is 0. The van der Waals surface area contributed by atoms with Crippen LogP contribution in [0.3, 0.4) is 0 Å². The molecule has 34 heavy (non-hydrogen) atoms. The summed E-state index contributed by atoms with van der Waals surface area (Å²) in [4.78, 5) is 27.8. The first kappa shape index (κ1) is 24.6. The number of hydrogen-bond acceptors (Lipinski definition) is 5. The molecule has 1 heterocycles. The Kier molecular flexibility index (Phi) is 7.42. The van der Waals surface area contributed by atoms with Gasteiger partial charge < -0.3 is 20.5 Å². The lowest BCUT2D eigenvalue weighted by atomic mass is 10.1. The summed E-state index contributed by atoms with van der Waals surface area (Å²) in [7, 11) is 1.48. The normalized spacial score (nSPS) is 11.3. The molecule has 0 aliphatic rings. The fraction of sp³-hybridized carbons (Fsp3) is 0.0870. The summed E-state index contributed by atoms with van der Waals surface area (Å²) in [6, 6.07) is 10.9. The lowest BCUT2D eigenvalue weighted by molar-refractivity contribution is -0.137. The average molecular weight is 492 g/mol. The van der Waals surface area contributed by atoms with Gasteiger partial charge in [-0.15, -0.1) is 0 Å². The highest BCUT2D eigenvalue weighted by Crippen LogP contribution is 2.40. The molecule has 0 unspecified atom stereocenters. The maximum absolute atomic E-state index is 13.0. The summed E-state index contributed by atoms with van der Waals surface area (Å²) in [5.74, 6) is -0.986. The molecule has 3 rings (SSSR count). The zero-order valence-corrected chi connectivity index (χ0v) is 18.2. The molecule has 0 saturated heterocycles. The van der Waals surface area contributed by atoms with Crippen molar-refractivity contribution in [2.75, 3.05) is 12.4 Å². The Morgan fingerprint density at radius 2 is 1.85 bits per heavy atom. The van der Waals surface area contributed by atoms with Gasteiger partial charge in [0.25, 0.3) is 5.91 Å². The van der Waals surface area contributed by atoms with E-state index in [1.807, 2.05) is 0 Å². The standard InChI is InChI=1S/C23H17ClF3N3O4/c1-28-22(33)19-10-15(7-8-29-19)34-14-4-2-3-13(9-14)5-6-21(32)30-18-11-16(23(25,26)27)17(24)12-20(18)31/h2-12,31H,1H3,(H,28,33)(H,30,32). The topological polar surface area (TPSA) is 101 Å². The summed E-state index contributed by atoms with van der Waals surface area (Å²) >= 11 is 5.53. The Morgan fingerprint density at radius 1 is 1.12 bits per heavy atom. The molecule has 0 atom stereocenters. The number of nitrogens with zero attached hydrogens (tertiary/aromatic N) is 1. The molecular formula is C23H17ClF3N3O4. The number of aromatic hydroxyl groups is 1. The number of phenols is 1. The number of carbonyl (C=O) groups excluding carboxylic acids is 2. The molecule has 0 bridgehead atoms. The molecule has 2 amide bonds. The molecule has 7 nitrogen and oxygen atoms in total. The monoisotopic (exact) mass is 491 g/mol. The fourth-order valence-corrected chi connectivity index (χ4v) is 3.04. The minimum absolute atomic E-state index is 0.173. The Balaban J connectivity index is 1.72. The molecule has 0 aliphatic heterocycles. The number of pyridine rings is 1. The third kappa shape index (κ3) is 6.26. The Labute approximate surface area is 196 Å². The lowest BCUT2D eigenvalue weighted by Crippen LogP contribution is -2.18. The van der Waals surface area contributed by atoms with E-state index in [1.54, 1.807) is 30.3 Å².